The molecule has 1 aromatic carbocycles. The van der Waals surface area contributed by atoms with Crippen LogP contribution in [0.1, 0.15) is 17.2 Å². The molecule has 3 N–H and O–H groups in total. The predicted octanol–water partition coefficient (Wildman–Crippen LogP) is 3.16. The number of hydrogen-bond donors (Lipinski definition) is 2. The van der Waals surface area contributed by atoms with Crippen molar-refractivity contribution < 1.29 is 5.11 Å². The number of nitrogen functional groups attached to an aromatic ring is 1. The highest BCUT2D eigenvalue weighted by Crippen LogP contribution is 2.32. The maximum Gasteiger partial charge on any atom is 0.109 e. The first-order valence-corrected chi connectivity index (χ1v) is 6.09. The summed E-state index contributed by atoms with van der Waals surface area (Å²) in [5.74, 6) is 0. The Kier molecular flexibility index (Phi) is 3.66. The monoisotopic (exact) mass is 312 g/mol. The van der Waals surface area contributed by atoms with Gasteiger partial charge in [-0.05, 0) is 18.2 Å². The minimum Gasteiger partial charge on any atom is -0.398 e. The SMILES string of the molecule is Nc1ccncc1C(O)c1ccc(Br)cc1Cl. The van der Waals surface area contributed by atoms with E-state index in [2.05, 4.69) is 20.9 Å². The zero-order valence-electron chi connectivity index (χ0n) is 8.77. The molecule has 0 aliphatic heterocycles. The van der Waals surface area contributed by atoms with Crippen molar-refractivity contribution in [1.82, 2.24) is 4.98 Å². The maximum atomic E-state index is 10.2. The first-order valence-electron chi connectivity index (χ1n) is 4.92. The zero-order chi connectivity index (χ0) is 12.4. The van der Waals surface area contributed by atoms with E-state index in [1.54, 1.807) is 30.6 Å². The molecule has 17 heavy (non-hydrogen) atoms. The minimum absolute atomic E-state index is 0.482. The number of pyridine rings is 1. The first-order chi connectivity index (χ1) is 8.09. The van der Waals surface area contributed by atoms with Crippen molar-refractivity contribution >= 4 is 33.2 Å². The van der Waals surface area contributed by atoms with Gasteiger partial charge in [-0.3, -0.25) is 4.98 Å². The fourth-order valence-electron chi connectivity index (χ4n) is 1.54. The van der Waals surface area contributed by atoms with Crippen LogP contribution in [0, 0.1) is 0 Å². The van der Waals surface area contributed by atoms with Crippen molar-refractivity contribution in [3.63, 3.8) is 0 Å². The van der Waals surface area contributed by atoms with Crippen molar-refractivity contribution in [2.24, 2.45) is 0 Å². The van der Waals surface area contributed by atoms with Crippen molar-refractivity contribution in [3.05, 3.63) is 57.3 Å². The third kappa shape index (κ3) is 2.60. The molecule has 0 amide bonds. The highest BCUT2D eigenvalue weighted by molar-refractivity contribution is 9.10. The Labute approximate surface area is 112 Å². The number of hydrogen-bond acceptors (Lipinski definition) is 3. The predicted molar refractivity (Wildman–Crippen MR) is 71.9 cm³/mol. The molecule has 1 unspecified atom stereocenters. The lowest BCUT2D eigenvalue weighted by Crippen LogP contribution is -2.04. The van der Waals surface area contributed by atoms with Crippen LogP contribution in [0.3, 0.4) is 0 Å². The van der Waals surface area contributed by atoms with E-state index in [1.165, 1.54) is 0 Å². The van der Waals surface area contributed by atoms with E-state index >= 15 is 0 Å². The van der Waals surface area contributed by atoms with E-state index in [4.69, 9.17) is 17.3 Å². The Hall–Kier alpha value is -1.10. The van der Waals surface area contributed by atoms with E-state index in [1.807, 2.05) is 6.07 Å². The Bertz CT molecular complexity index is 548. The van der Waals surface area contributed by atoms with Gasteiger partial charge in [-0.25, -0.2) is 0 Å². The second-order valence-electron chi connectivity index (χ2n) is 3.57. The van der Waals surface area contributed by atoms with Crippen LogP contribution in [-0.4, -0.2) is 10.1 Å². The molecule has 1 aromatic heterocycles. The molecule has 2 aromatic rings. The van der Waals surface area contributed by atoms with Crippen LogP contribution >= 0.6 is 27.5 Å². The number of aliphatic hydroxyl groups excluding tert-OH is 1. The standard InChI is InChI=1S/C12H10BrClN2O/c13-7-1-2-8(10(14)5-7)12(17)9-6-16-4-3-11(9)15/h1-6,12,17H,(H2,15,16). The highest BCUT2D eigenvalue weighted by atomic mass is 79.9. The molecule has 0 saturated carbocycles. The molecule has 5 heteroatoms. The van der Waals surface area contributed by atoms with E-state index in [9.17, 15) is 5.11 Å². The van der Waals surface area contributed by atoms with Crippen molar-refractivity contribution in [2.45, 2.75) is 6.10 Å². The van der Waals surface area contributed by atoms with Gasteiger partial charge in [0.05, 0.1) is 0 Å². The summed E-state index contributed by atoms with van der Waals surface area (Å²) in [4.78, 5) is 3.95. The minimum atomic E-state index is -0.871. The molecule has 2 rings (SSSR count). The number of nitrogens with two attached hydrogens (primary N) is 1. The number of benzene rings is 1. The molecular weight excluding hydrogens is 304 g/mol. The average molecular weight is 314 g/mol. The summed E-state index contributed by atoms with van der Waals surface area (Å²) < 4.78 is 0.859. The molecule has 0 bridgehead atoms. The largest absolute Gasteiger partial charge is 0.398 e. The lowest BCUT2D eigenvalue weighted by atomic mass is 10.0. The Morgan fingerprint density at radius 1 is 1.29 bits per heavy atom. The van der Waals surface area contributed by atoms with Gasteiger partial charge in [0.2, 0.25) is 0 Å². The van der Waals surface area contributed by atoms with Crippen LogP contribution in [0.25, 0.3) is 0 Å². The molecule has 1 atom stereocenters. The van der Waals surface area contributed by atoms with Gasteiger partial charge in [0.25, 0.3) is 0 Å². The second-order valence-corrected chi connectivity index (χ2v) is 4.90. The van der Waals surface area contributed by atoms with Gasteiger partial charge in [0.1, 0.15) is 6.10 Å². The maximum absolute atomic E-state index is 10.2. The summed E-state index contributed by atoms with van der Waals surface area (Å²) in [6, 6.07) is 6.94. The molecule has 1 heterocycles. The molecule has 0 aliphatic rings. The number of nitrogens with zero attached hydrogens (tertiary/aromatic N) is 1. The van der Waals surface area contributed by atoms with Gasteiger partial charge in [0.15, 0.2) is 0 Å². The van der Waals surface area contributed by atoms with Crippen molar-refractivity contribution in [3.8, 4) is 0 Å². The third-order valence-corrected chi connectivity index (χ3v) is 3.26. The summed E-state index contributed by atoms with van der Waals surface area (Å²) in [5.41, 5.74) is 7.44. The molecule has 0 aliphatic carbocycles. The number of rotatable bonds is 2. The van der Waals surface area contributed by atoms with Crippen LogP contribution in [0.5, 0.6) is 0 Å². The van der Waals surface area contributed by atoms with Crippen molar-refractivity contribution in [1.29, 1.82) is 0 Å². The lowest BCUT2D eigenvalue weighted by Gasteiger charge is -2.14. The van der Waals surface area contributed by atoms with Crippen LogP contribution in [0.2, 0.25) is 5.02 Å². The molecule has 0 saturated heterocycles. The van der Waals surface area contributed by atoms with Gasteiger partial charge < -0.3 is 10.8 Å². The summed E-state index contributed by atoms with van der Waals surface area (Å²) in [5, 5.41) is 10.7. The lowest BCUT2D eigenvalue weighted by molar-refractivity contribution is 0.220. The first kappa shape index (κ1) is 12.4. The summed E-state index contributed by atoms with van der Waals surface area (Å²) >= 11 is 9.39. The van der Waals surface area contributed by atoms with E-state index in [-0.39, 0.29) is 0 Å². The van der Waals surface area contributed by atoms with Crippen molar-refractivity contribution in [2.75, 3.05) is 5.73 Å². The number of anilines is 1. The van der Waals surface area contributed by atoms with Crippen LogP contribution in [0.15, 0.2) is 41.1 Å². The fraction of sp³-hybridized carbons (Fsp3) is 0.0833. The summed E-state index contributed by atoms with van der Waals surface area (Å²) in [6.07, 6.45) is 2.25. The normalized spacial score (nSPS) is 12.4. The molecule has 88 valence electrons. The van der Waals surface area contributed by atoms with Crippen LogP contribution in [0.4, 0.5) is 5.69 Å². The van der Waals surface area contributed by atoms with Gasteiger partial charge in [-0.1, -0.05) is 33.6 Å². The topological polar surface area (TPSA) is 59.1 Å². The van der Waals surface area contributed by atoms with E-state index < -0.39 is 6.10 Å². The van der Waals surface area contributed by atoms with Gasteiger partial charge in [-0.15, -0.1) is 0 Å². The van der Waals surface area contributed by atoms with Gasteiger partial charge in [0, 0.05) is 38.7 Å². The second kappa shape index (κ2) is 5.04. The molecule has 0 fully saturated rings. The molecule has 0 spiro atoms. The van der Waals surface area contributed by atoms with Gasteiger partial charge in [-0.2, -0.15) is 0 Å². The number of aliphatic hydroxyl groups is 1. The number of halogens is 2. The smallest absolute Gasteiger partial charge is 0.109 e. The van der Waals surface area contributed by atoms with E-state index in [0.717, 1.165) is 4.47 Å². The molecule has 0 radical (unpaired) electrons. The third-order valence-electron chi connectivity index (χ3n) is 2.44. The van der Waals surface area contributed by atoms with Gasteiger partial charge >= 0.3 is 0 Å². The Balaban J connectivity index is 2.44. The fourth-order valence-corrected chi connectivity index (χ4v) is 2.31. The quantitative estimate of drug-likeness (QED) is 0.895. The molecular formula is C12H10BrClN2O. The van der Waals surface area contributed by atoms with Crippen LogP contribution < -0.4 is 5.73 Å². The summed E-state index contributed by atoms with van der Waals surface area (Å²) in [6.45, 7) is 0. The Morgan fingerprint density at radius 2 is 2.06 bits per heavy atom. The molecule has 3 nitrogen and oxygen atoms in total. The summed E-state index contributed by atoms with van der Waals surface area (Å²) in [7, 11) is 0. The zero-order valence-corrected chi connectivity index (χ0v) is 11.1. The van der Waals surface area contributed by atoms with Crippen LogP contribution in [-0.2, 0) is 0 Å². The average Bonchev–Trinajstić information content (AvgIpc) is 2.29. The Morgan fingerprint density at radius 3 is 2.71 bits per heavy atom. The number of aromatic nitrogens is 1. The van der Waals surface area contributed by atoms with E-state index in [0.29, 0.717) is 21.8 Å². The highest BCUT2D eigenvalue weighted by Gasteiger charge is 2.16.